The van der Waals surface area contributed by atoms with Crippen LogP contribution < -0.4 is 0 Å². The third-order valence-corrected chi connectivity index (χ3v) is 4.48. The highest BCUT2D eigenvalue weighted by Gasteiger charge is 2.30. The Bertz CT molecular complexity index is 399. The summed E-state index contributed by atoms with van der Waals surface area (Å²) in [6.45, 7) is 8.87. The second-order valence-electron chi connectivity index (χ2n) is 6.87. The molecule has 2 aliphatic rings. The van der Waals surface area contributed by atoms with E-state index < -0.39 is 5.41 Å². The minimum Gasteiger partial charge on any atom is -0.449 e. The molecular weight excluding hydrogens is 328 g/mol. The Labute approximate surface area is 149 Å². The van der Waals surface area contributed by atoms with Gasteiger partial charge in [-0.05, 0) is 6.42 Å². The van der Waals surface area contributed by atoms with Crippen LogP contribution in [0.2, 0.25) is 0 Å². The Morgan fingerprint density at radius 3 is 1.64 bits per heavy atom. The minimum atomic E-state index is -0.390. The Hall–Kier alpha value is -1.54. The van der Waals surface area contributed by atoms with Crippen molar-refractivity contribution in [3.63, 3.8) is 0 Å². The molecule has 2 fully saturated rings. The summed E-state index contributed by atoms with van der Waals surface area (Å²) < 4.78 is 21.4. The highest BCUT2D eigenvalue weighted by atomic mass is 16.6. The topological polar surface area (TPSA) is 77.5 Å². The molecule has 8 nitrogen and oxygen atoms in total. The molecule has 0 atom stereocenters. The summed E-state index contributed by atoms with van der Waals surface area (Å²) in [5, 5.41) is 0. The van der Waals surface area contributed by atoms with Gasteiger partial charge in [0, 0.05) is 31.6 Å². The van der Waals surface area contributed by atoms with Gasteiger partial charge in [0.1, 0.15) is 13.2 Å². The summed E-state index contributed by atoms with van der Waals surface area (Å²) in [6, 6.07) is 0. The molecule has 2 aliphatic heterocycles. The summed E-state index contributed by atoms with van der Waals surface area (Å²) in [6.07, 6.45) is 1.07. The molecule has 0 aromatic carbocycles. The van der Waals surface area contributed by atoms with Crippen LogP contribution in [0.5, 0.6) is 0 Å². The van der Waals surface area contributed by atoms with Crippen molar-refractivity contribution in [1.29, 1.82) is 0 Å². The molecule has 2 saturated heterocycles. The van der Waals surface area contributed by atoms with Crippen LogP contribution in [0.25, 0.3) is 0 Å². The summed E-state index contributed by atoms with van der Waals surface area (Å²) in [5.74, 6) is 0. The van der Waals surface area contributed by atoms with Gasteiger partial charge in [-0.15, -0.1) is 0 Å². The van der Waals surface area contributed by atoms with E-state index in [-0.39, 0.29) is 25.4 Å². The lowest BCUT2D eigenvalue weighted by Crippen LogP contribution is -2.44. The van der Waals surface area contributed by atoms with Gasteiger partial charge in [-0.1, -0.05) is 20.3 Å². The Kier molecular flexibility index (Phi) is 7.77. The second-order valence-corrected chi connectivity index (χ2v) is 6.87. The zero-order chi connectivity index (χ0) is 18.1. The number of carbonyl (C=O) groups is 2. The maximum absolute atomic E-state index is 12.2. The van der Waals surface area contributed by atoms with Gasteiger partial charge in [-0.3, -0.25) is 0 Å². The number of nitrogens with zero attached hydrogens (tertiary/aromatic N) is 2. The van der Waals surface area contributed by atoms with Gasteiger partial charge < -0.3 is 28.7 Å². The number of hydrogen-bond donors (Lipinski definition) is 0. The van der Waals surface area contributed by atoms with Gasteiger partial charge in [0.15, 0.2) is 0 Å². The zero-order valence-electron chi connectivity index (χ0n) is 15.3. The van der Waals surface area contributed by atoms with Crippen molar-refractivity contribution in [1.82, 2.24) is 9.80 Å². The summed E-state index contributed by atoms with van der Waals surface area (Å²) in [5.41, 5.74) is -0.390. The maximum atomic E-state index is 12.2. The molecule has 0 spiro atoms. The van der Waals surface area contributed by atoms with Crippen molar-refractivity contribution >= 4 is 12.2 Å². The van der Waals surface area contributed by atoms with Crippen molar-refractivity contribution in [2.45, 2.75) is 26.7 Å². The smallest absolute Gasteiger partial charge is 0.409 e. The molecule has 2 heterocycles. The third kappa shape index (κ3) is 6.36. The lowest BCUT2D eigenvalue weighted by Gasteiger charge is -2.32. The molecule has 2 rings (SSSR count). The van der Waals surface area contributed by atoms with Gasteiger partial charge in [0.05, 0.1) is 26.4 Å². The molecule has 0 bridgehead atoms. The number of rotatable bonds is 6. The number of hydrogen-bond acceptors (Lipinski definition) is 6. The van der Waals surface area contributed by atoms with Crippen LogP contribution in [0.4, 0.5) is 9.59 Å². The van der Waals surface area contributed by atoms with E-state index in [4.69, 9.17) is 18.9 Å². The van der Waals surface area contributed by atoms with E-state index in [1.54, 1.807) is 9.80 Å². The first kappa shape index (κ1) is 19.8. The van der Waals surface area contributed by atoms with Crippen LogP contribution in [-0.2, 0) is 18.9 Å². The number of amides is 2. The van der Waals surface area contributed by atoms with E-state index in [2.05, 4.69) is 6.92 Å². The van der Waals surface area contributed by atoms with Crippen molar-refractivity contribution in [3.8, 4) is 0 Å². The average Bonchev–Trinajstić information content (AvgIpc) is 2.66. The summed E-state index contributed by atoms with van der Waals surface area (Å²) >= 11 is 0. The SMILES string of the molecule is CCCC(C)(COC(=O)N1CCOCC1)COC(=O)N1CCOCC1. The van der Waals surface area contributed by atoms with E-state index in [1.165, 1.54) is 0 Å². The van der Waals surface area contributed by atoms with Gasteiger partial charge in [0.2, 0.25) is 0 Å². The van der Waals surface area contributed by atoms with E-state index in [0.29, 0.717) is 52.6 Å². The molecule has 0 radical (unpaired) electrons. The van der Waals surface area contributed by atoms with Crippen LogP contribution in [0.1, 0.15) is 26.7 Å². The van der Waals surface area contributed by atoms with E-state index >= 15 is 0 Å². The molecule has 0 N–H and O–H groups in total. The standard InChI is InChI=1S/C17H30N2O6/c1-3-4-17(2,13-24-15(20)18-5-9-22-10-6-18)14-25-16(21)19-7-11-23-12-8-19/h3-14H2,1-2H3. The lowest BCUT2D eigenvalue weighted by atomic mass is 9.87. The number of carbonyl (C=O) groups excluding carboxylic acids is 2. The Morgan fingerprint density at radius 1 is 0.880 bits per heavy atom. The molecule has 8 heteroatoms. The van der Waals surface area contributed by atoms with Crippen molar-refractivity contribution in [2.75, 3.05) is 65.8 Å². The Morgan fingerprint density at radius 2 is 1.28 bits per heavy atom. The molecule has 2 amide bonds. The molecule has 0 aliphatic carbocycles. The van der Waals surface area contributed by atoms with E-state index in [0.717, 1.165) is 12.8 Å². The van der Waals surface area contributed by atoms with Crippen molar-refractivity contribution in [2.24, 2.45) is 5.41 Å². The predicted molar refractivity (Wildman–Crippen MR) is 90.5 cm³/mol. The highest BCUT2D eigenvalue weighted by molar-refractivity contribution is 5.68. The lowest BCUT2D eigenvalue weighted by molar-refractivity contribution is -0.0142. The predicted octanol–water partition coefficient (Wildman–Crippen LogP) is 1.73. The molecule has 0 unspecified atom stereocenters. The molecule has 0 saturated carbocycles. The van der Waals surface area contributed by atoms with E-state index in [1.807, 2.05) is 6.92 Å². The molecular formula is C17H30N2O6. The van der Waals surface area contributed by atoms with Gasteiger partial charge in [-0.25, -0.2) is 9.59 Å². The number of morpholine rings is 2. The molecule has 0 aromatic rings. The quantitative estimate of drug-likeness (QED) is 0.720. The first-order valence-electron chi connectivity index (χ1n) is 9.03. The first-order valence-corrected chi connectivity index (χ1v) is 9.03. The minimum absolute atomic E-state index is 0.230. The fourth-order valence-corrected chi connectivity index (χ4v) is 2.94. The van der Waals surface area contributed by atoms with Crippen molar-refractivity contribution in [3.05, 3.63) is 0 Å². The molecule has 25 heavy (non-hydrogen) atoms. The first-order chi connectivity index (χ1) is 12.0. The summed E-state index contributed by atoms with van der Waals surface area (Å²) in [4.78, 5) is 27.6. The van der Waals surface area contributed by atoms with Gasteiger partial charge >= 0.3 is 12.2 Å². The van der Waals surface area contributed by atoms with Crippen LogP contribution in [0.15, 0.2) is 0 Å². The molecule has 0 aromatic heterocycles. The molecule has 144 valence electrons. The normalized spacial score (nSPS) is 18.8. The largest absolute Gasteiger partial charge is 0.449 e. The summed E-state index contributed by atoms with van der Waals surface area (Å²) in [7, 11) is 0. The fraction of sp³-hybridized carbons (Fsp3) is 0.882. The van der Waals surface area contributed by atoms with Crippen LogP contribution >= 0.6 is 0 Å². The number of ether oxygens (including phenoxy) is 4. The highest BCUT2D eigenvalue weighted by Crippen LogP contribution is 2.25. The third-order valence-electron chi connectivity index (χ3n) is 4.48. The Balaban J connectivity index is 1.79. The van der Waals surface area contributed by atoms with Crippen molar-refractivity contribution < 1.29 is 28.5 Å². The van der Waals surface area contributed by atoms with Gasteiger partial charge in [0.25, 0.3) is 0 Å². The maximum Gasteiger partial charge on any atom is 0.409 e. The second kappa shape index (κ2) is 9.82. The van der Waals surface area contributed by atoms with Crippen LogP contribution in [-0.4, -0.2) is 87.8 Å². The fourth-order valence-electron chi connectivity index (χ4n) is 2.94. The van der Waals surface area contributed by atoms with E-state index in [9.17, 15) is 9.59 Å². The van der Waals surface area contributed by atoms with Crippen LogP contribution in [0, 0.1) is 5.41 Å². The average molecular weight is 358 g/mol. The zero-order valence-corrected chi connectivity index (χ0v) is 15.3. The van der Waals surface area contributed by atoms with Crippen LogP contribution in [0.3, 0.4) is 0 Å². The van der Waals surface area contributed by atoms with Gasteiger partial charge in [-0.2, -0.15) is 0 Å². The monoisotopic (exact) mass is 358 g/mol.